The van der Waals surface area contributed by atoms with Crippen molar-refractivity contribution in [2.75, 3.05) is 0 Å². The Morgan fingerprint density at radius 1 is 0.465 bits per heavy atom. The molecular formula is C26H40O17. The molecule has 3 aliphatic heterocycles. The van der Waals surface area contributed by atoms with Gasteiger partial charge in [-0.05, 0) is 20.8 Å². The third kappa shape index (κ3) is 8.37. The van der Waals surface area contributed by atoms with Gasteiger partial charge in [-0.15, -0.1) is 0 Å². The third-order valence-electron chi connectivity index (χ3n) is 7.06. The third-order valence-corrected chi connectivity index (χ3v) is 7.06. The second kappa shape index (κ2) is 14.5. The van der Waals surface area contributed by atoms with Crippen molar-refractivity contribution >= 4 is 23.9 Å². The largest absolute Gasteiger partial charge is 0.457 e. The number of carbonyl (C=O) groups is 4. The summed E-state index contributed by atoms with van der Waals surface area (Å²) in [5.74, 6) is -3.13. The van der Waals surface area contributed by atoms with Gasteiger partial charge in [0.25, 0.3) is 0 Å². The van der Waals surface area contributed by atoms with Gasteiger partial charge in [0.15, 0.2) is 43.3 Å². The second-order valence-electron chi connectivity index (χ2n) is 10.6. The Kier molecular flexibility index (Phi) is 11.8. The Hall–Kier alpha value is -2.48. The lowest BCUT2D eigenvalue weighted by atomic mass is 9.96. The minimum Gasteiger partial charge on any atom is -0.457 e. The summed E-state index contributed by atoms with van der Waals surface area (Å²) in [6.45, 7) is 8.82. The number of aliphatic hydroxyl groups excluding tert-OH is 4. The molecule has 3 rings (SSSR count). The molecule has 3 fully saturated rings. The SMILES string of the molecule is CC(=O)O[C@@H]1[C@@H](OC(C)=O)[C@H](C)O[C@@H](O[C@H]2[C@@H](O)[C@H](O[C@@H]3[C@@H](O)[C@@H](O)C(O)O[C@H]3C)O[C@@H](C)[C@@H]2OC(C)=O)[C@@H]1OC(C)=O. The molecule has 17 heteroatoms. The van der Waals surface area contributed by atoms with Crippen LogP contribution in [0.2, 0.25) is 0 Å². The monoisotopic (exact) mass is 624 g/mol. The van der Waals surface area contributed by atoms with E-state index in [1.807, 2.05) is 0 Å². The van der Waals surface area contributed by atoms with Crippen LogP contribution >= 0.6 is 0 Å². The molecule has 3 saturated heterocycles. The molecule has 0 bridgehead atoms. The second-order valence-corrected chi connectivity index (χ2v) is 10.6. The number of carbonyl (C=O) groups excluding carboxylic acids is 4. The van der Waals surface area contributed by atoms with E-state index in [1.54, 1.807) is 0 Å². The van der Waals surface area contributed by atoms with Gasteiger partial charge in [-0.2, -0.15) is 0 Å². The number of rotatable bonds is 8. The van der Waals surface area contributed by atoms with Crippen molar-refractivity contribution in [1.82, 2.24) is 0 Å². The van der Waals surface area contributed by atoms with Crippen molar-refractivity contribution in [1.29, 1.82) is 0 Å². The van der Waals surface area contributed by atoms with E-state index in [0.29, 0.717) is 0 Å². The highest BCUT2D eigenvalue weighted by Gasteiger charge is 2.56. The summed E-state index contributed by atoms with van der Waals surface area (Å²) >= 11 is 0. The molecule has 3 heterocycles. The molecule has 15 atom stereocenters. The van der Waals surface area contributed by atoms with Crippen LogP contribution in [0.25, 0.3) is 0 Å². The number of hydrogen-bond acceptors (Lipinski definition) is 17. The van der Waals surface area contributed by atoms with Gasteiger partial charge in [0, 0.05) is 27.7 Å². The van der Waals surface area contributed by atoms with Crippen LogP contribution in [0, 0.1) is 0 Å². The fourth-order valence-corrected chi connectivity index (χ4v) is 5.21. The molecule has 0 aromatic rings. The van der Waals surface area contributed by atoms with Crippen LogP contribution in [0.5, 0.6) is 0 Å². The summed E-state index contributed by atoms with van der Waals surface area (Å²) in [6.07, 6.45) is -21.2. The Balaban J connectivity index is 1.95. The van der Waals surface area contributed by atoms with Gasteiger partial charge in [0.1, 0.15) is 30.5 Å². The van der Waals surface area contributed by atoms with Gasteiger partial charge < -0.3 is 63.1 Å². The molecule has 0 radical (unpaired) electrons. The minimum absolute atomic E-state index is 0.733. The first-order valence-electron chi connectivity index (χ1n) is 13.7. The Morgan fingerprint density at radius 3 is 1.37 bits per heavy atom. The van der Waals surface area contributed by atoms with Crippen LogP contribution in [0.3, 0.4) is 0 Å². The number of esters is 4. The molecule has 0 aromatic carbocycles. The van der Waals surface area contributed by atoms with E-state index in [0.717, 1.165) is 27.7 Å². The van der Waals surface area contributed by atoms with E-state index in [4.69, 9.17) is 42.6 Å². The van der Waals surface area contributed by atoms with E-state index in [1.165, 1.54) is 20.8 Å². The highest BCUT2D eigenvalue weighted by molar-refractivity contribution is 5.68. The highest BCUT2D eigenvalue weighted by atomic mass is 16.8. The van der Waals surface area contributed by atoms with Crippen molar-refractivity contribution in [3.8, 4) is 0 Å². The highest BCUT2D eigenvalue weighted by Crippen LogP contribution is 2.35. The molecule has 43 heavy (non-hydrogen) atoms. The summed E-state index contributed by atoms with van der Waals surface area (Å²) in [5, 5.41) is 41.7. The van der Waals surface area contributed by atoms with Crippen molar-refractivity contribution < 1.29 is 82.2 Å². The Morgan fingerprint density at radius 2 is 0.860 bits per heavy atom. The first kappa shape index (κ1) is 35.0. The zero-order valence-corrected chi connectivity index (χ0v) is 24.8. The zero-order chi connectivity index (χ0) is 32.3. The van der Waals surface area contributed by atoms with Crippen LogP contribution in [-0.2, 0) is 61.8 Å². The molecule has 0 aromatic heterocycles. The number of ether oxygens (including phenoxy) is 9. The van der Waals surface area contributed by atoms with Gasteiger partial charge in [0.05, 0.1) is 18.3 Å². The lowest BCUT2D eigenvalue weighted by molar-refractivity contribution is -0.373. The number of hydrogen-bond donors (Lipinski definition) is 4. The van der Waals surface area contributed by atoms with Crippen LogP contribution in [0.4, 0.5) is 0 Å². The normalized spacial score (nSPS) is 43.3. The average Bonchev–Trinajstić information content (AvgIpc) is 2.88. The zero-order valence-electron chi connectivity index (χ0n) is 24.8. The minimum atomic E-state index is -1.78. The Labute approximate surface area is 247 Å². The first-order chi connectivity index (χ1) is 20.0. The molecular weight excluding hydrogens is 584 g/mol. The van der Waals surface area contributed by atoms with Crippen molar-refractivity contribution in [3.05, 3.63) is 0 Å². The van der Waals surface area contributed by atoms with Crippen LogP contribution in [0.1, 0.15) is 48.5 Å². The molecule has 0 saturated carbocycles. The maximum absolute atomic E-state index is 12.1. The predicted octanol–water partition coefficient (Wildman–Crippen LogP) is -2.21. The standard InChI is InChI=1S/C26H40O17/c1-8-18(15(31)16(32)24(34)35-8)42-25-17(33)21(19(9(2)36-25)38-11(4)27)43-26-23(41-14(7)30)22(40-13(6)29)20(10(3)37-26)39-12(5)28/h8-10,15-26,31-34H,1-7H3/t8-,9-,10-,15-,16+,17+,18-,19-,20-,21-,22+,23+,24?,25-,26-/m0/s1. The molecule has 0 aliphatic carbocycles. The van der Waals surface area contributed by atoms with Crippen molar-refractivity contribution in [3.63, 3.8) is 0 Å². The lowest BCUT2D eigenvalue weighted by Crippen LogP contribution is -2.66. The van der Waals surface area contributed by atoms with Gasteiger partial charge in [0.2, 0.25) is 0 Å². The molecule has 0 spiro atoms. The van der Waals surface area contributed by atoms with Crippen LogP contribution in [-0.4, -0.2) is 136 Å². The summed E-state index contributed by atoms with van der Waals surface area (Å²) < 4.78 is 50.1. The van der Waals surface area contributed by atoms with E-state index >= 15 is 0 Å². The van der Waals surface area contributed by atoms with Crippen molar-refractivity contribution in [2.24, 2.45) is 0 Å². The maximum atomic E-state index is 12.1. The first-order valence-corrected chi connectivity index (χ1v) is 13.7. The van der Waals surface area contributed by atoms with Crippen LogP contribution < -0.4 is 0 Å². The van der Waals surface area contributed by atoms with Gasteiger partial charge >= 0.3 is 23.9 Å². The average molecular weight is 625 g/mol. The molecule has 246 valence electrons. The summed E-state index contributed by atoms with van der Waals surface area (Å²) in [4.78, 5) is 47.9. The quantitative estimate of drug-likeness (QED) is 0.166. The van der Waals surface area contributed by atoms with E-state index in [-0.39, 0.29) is 0 Å². The number of aliphatic hydroxyl groups is 4. The van der Waals surface area contributed by atoms with Gasteiger partial charge in [-0.3, -0.25) is 19.2 Å². The predicted molar refractivity (Wildman–Crippen MR) is 135 cm³/mol. The molecule has 17 nitrogen and oxygen atoms in total. The molecule has 3 aliphatic rings. The van der Waals surface area contributed by atoms with Crippen molar-refractivity contribution in [2.45, 2.75) is 141 Å². The van der Waals surface area contributed by atoms with Crippen LogP contribution in [0.15, 0.2) is 0 Å². The van der Waals surface area contributed by atoms with Gasteiger partial charge in [-0.1, -0.05) is 0 Å². The van der Waals surface area contributed by atoms with E-state index < -0.39 is 116 Å². The fraction of sp³-hybridized carbons (Fsp3) is 0.846. The smallest absolute Gasteiger partial charge is 0.303 e. The fourth-order valence-electron chi connectivity index (χ4n) is 5.21. The molecule has 4 N–H and O–H groups in total. The summed E-state index contributed by atoms with van der Waals surface area (Å²) in [5.41, 5.74) is 0. The van der Waals surface area contributed by atoms with Gasteiger partial charge in [-0.25, -0.2) is 0 Å². The lowest BCUT2D eigenvalue weighted by Gasteiger charge is -2.48. The van der Waals surface area contributed by atoms with E-state index in [9.17, 15) is 39.6 Å². The maximum Gasteiger partial charge on any atom is 0.303 e. The summed E-state index contributed by atoms with van der Waals surface area (Å²) in [7, 11) is 0. The van der Waals surface area contributed by atoms with E-state index in [2.05, 4.69) is 0 Å². The molecule has 0 amide bonds. The summed E-state index contributed by atoms with van der Waals surface area (Å²) in [6, 6.07) is 0. The molecule has 1 unspecified atom stereocenters. The Bertz CT molecular complexity index is 1010. The topological polar surface area (TPSA) is 232 Å².